The molecule has 3 N–H and O–H groups in total. The van der Waals surface area contributed by atoms with Crippen LogP contribution in [0.5, 0.6) is 0 Å². The van der Waals surface area contributed by atoms with Crippen molar-refractivity contribution in [3.63, 3.8) is 0 Å². The van der Waals surface area contributed by atoms with Crippen LogP contribution in [0.2, 0.25) is 0 Å². The Balaban J connectivity index is 1.74. The van der Waals surface area contributed by atoms with Crippen LogP contribution < -0.4 is 11.1 Å². The van der Waals surface area contributed by atoms with Gasteiger partial charge in [0.25, 0.3) is 5.91 Å². The number of allylic oxidation sites excluding steroid dienone is 1. The minimum Gasteiger partial charge on any atom is -0.459 e. The molecule has 11 heteroatoms. The second-order valence-electron chi connectivity index (χ2n) is 7.43. The molecular formula is C20H25N5O4S2. The van der Waals surface area contributed by atoms with E-state index < -0.39 is 11.9 Å². The lowest BCUT2D eigenvalue weighted by Crippen LogP contribution is -2.18. The zero-order chi connectivity index (χ0) is 22.7. The predicted molar refractivity (Wildman–Crippen MR) is 120 cm³/mol. The SMILES string of the molecule is C=CCn1c(SCC(=O)Nc2sc(C(N)=O)c(C)c2C(=O)OC(C)C)nnc1C1CC1. The molecule has 2 amide bonds. The van der Waals surface area contributed by atoms with Gasteiger partial charge in [-0.1, -0.05) is 17.8 Å². The fourth-order valence-electron chi connectivity index (χ4n) is 3.00. The van der Waals surface area contributed by atoms with E-state index in [9.17, 15) is 14.4 Å². The number of nitrogens with one attached hydrogen (secondary N) is 1. The standard InChI is InChI=1S/C20H25N5O4S2/c1-5-8-25-17(12-6-7-12)23-24-20(25)30-9-13(26)22-18-14(19(28)29-10(2)3)11(4)15(31-18)16(21)27/h5,10,12H,1,6-9H2,2-4H3,(H2,21,27)(H,22,26). The molecule has 0 saturated heterocycles. The number of thioether (sulfide) groups is 1. The molecule has 2 aromatic rings. The Morgan fingerprint density at radius 3 is 2.68 bits per heavy atom. The highest BCUT2D eigenvalue weighted by molar-refractivity contribution is 7.99. The first-order chi connectivity index (χ1) is 14.7. The molecule has 0 aliphatic heterocycles. The number of esters is 1. The first-order valence-corrected chi connectivity index (χ1v) is 11.6. The third kappa shape index (κ3) is 5.34. The zero-order valence-electron chi connectivity index (χ0n) is 17.6. The van der Waals surface area contributed by atoms with Crippen LogP contribution in [-0.2, 0) is 16.1 Å². The molecule has 0 spiro atoms. The Bertz CT molecular complexity index is 1020. The lowest BCUT2D eigenvalue weighted by Gasteiger charge is -2.10. The van der Waals surface area contributed by atoms with Crippen molar-refractivity contribution in [2.24, 2.45) is 5.73 Å². The topological polar surface area (TPSA) is 129 Å². The molecule has 0 bridgehead atoms. The summed E-state index contributed by atoms with van der Waals surface area (Å²) in [5.74, 6) is -0.225. The largest absolute Gasteiger partial charge is 0.459 e. The predicted octanol–water partition coefficient (Wildman–Crippen LogP) is 3.11. The summed E-state index contributed by atoms with van der Waals surface area (Å²) in [4.78, 5) is 37.1. The van der Waals surface area contributed by atoms with E-state index in [1.807, 2.05) is 4.57 Å². The van der Waals surface area contributed by atoms with Crippen molar-refractivity contribution in [1.29, 1.82) is 0 Å². The number of rotatable bonds is 10. The Kier molecular flexibility index (Phi) is 7.16. The van der Waals surface area contributed by atoms with Crippen molar-refractivity contribution >= 4 is 45.9 Å². The van der Waals surface area contributed by atoms with Crippen LogP contribution in [0.25, 0.3) is 0 Å². The van der Waals surface area contributed by atoms with Gasteiger partial charge in [0.05, 0.1) is 22.3 Å². The fourth-order valence-corrected chi connectivity index (χ4v) is 4.82. The van der Waals surface area contributed by atoms with Crippen molar-refractivity contribution in [2.45, 2.75) is 57.3 Å². The lowest BCUT2D eigenvalue weighted by molar-refractivity contribution is -0.113. The smallest absolute Gasteiger partial charge is 0.341 e. The third-order valence-corrected chi connectivity index (χ3v) is 6.69. The molecule has 1 fully saturated rings. The molecule has 0 atom stereocenters. The minimum atomic E-state index is -0.666. The number of carbonyl (C=O) groups excluding carboxylic acids is 3. The van der Waals surface area contributed by atoms with Gasteiger partial charge in [0.1, 0.15) is 10.8 Å². The van der Waals surface area contributed by atoms with Gasteiger partial charge in [-0.3, -0.25) is 9.59 Å². The molecule has 2 aromatic heterocycles. The van der Waals surface area contributed by atoms with Gasteiger partial charge in [0.2, 0.25) is 5.91 Å². The number of amides is 2. The highest BCUT2D eigenvalue weighted by Crippen LogP contribution is 2.40. The Hall–Kier alpha value is -2.66. The normalized spacial score (nSPS) is 13.3. The summed E-state index contributed by atoms with van der Waals surface area (Å²) < 4.78 is 7.23. The van der Waals surface area contributed by atoms with E-state index in [2.05, 4.69) is 22.1 Å². The van der Waals surface area contributed by atoms with Crippen molar-refractivity contribution < 1.29 is 19.1 Å². The summed E-state index contributed by atoms with van der Waals surface area (Å²) in [6, 6.07) is 0. The summed E-state index contributed by atoms with van der Waals surface area (Å²) in [5, 5.41) is 12.1. The van der Waals surface area contributed by atoms with Crippen LogP contribution >= 0.6 is 23.1 Å². The van der Waals surface area contributed by atoms with Crippen LogP contribution in [0, 0.1) is 6.92 Å². The van der Waals surface area contributed by atoms with Crippen molar-refractivity contribution in [3.8, 4) is 0 Å². The van der Waals surface area contributed by atoms with Gasteiger partial charge in [-0.05, 0) is 39.2 Å². The number of nitrogens with zero attached hydrogens (tertiary/aromatic N) is 3. The molecule has 0 aromatic carbocycles. The number of nitrogens with two attached hydrogens (primary N) is 1. The van der Waals surface area contributed by atoms with E-state index >= 15 is 0 Å². The number of thiophene rings is 1. The monoisotopic (exact) mass is 463 g/mol. The van der Waals surface area contributed by atoms with Crippen LogP contribution in [0.15, 0.2) is 17.8 Å². The quantitative estimate of drug-likeness (QED) is 0.315. The van der Waals surface area contributed by atoms with E-state index in [-0.39, 0.29) is 33.2 Å². The summed E-state index contributed by atoms with van der Waals surface area (Å²) in [6.45, 7) is 9.39. The fraction of sp³-hybridized carbons (Fsp3) is 0.450. The molecule has 166 valence electrons. The molecule has 1 saturated carbocycles. The summed E-state index contributed by atoms with van der Waals surface area (Å²) in [6.07, 6.45) is 3.61. The van der Waals surface area contributed by atoms with Gasteiger partial charge in [-0.15, -0.1) is 28.1 Å². The van der Waals surface area contributed by atoms with Crippen molar-refractivity contribution in [1.82, 2.24) is 14.8 Å². The maximum absolute atomic E-state index is 12.6. The van der Waals surface area contributed by atoms with Crippen LogP contribution in [0.3, 0.4) is 0 Å². The maximum Gasteiger partial charge on any atom is 0.341 e. The number of anilines is 1. The van der Waals surface area contributed by atoms with Gasteiger partial charge >= 0.3 is 5.97 Å². The van der Waals surface area contributed by atoms with Gasteiger partial charge < -0.3 is 20.4 Å². The minimum absolute atomic E-state index is 0.0570. The zero-order valence-corrected chi connectivity index (χ0v) is 19.3. The van der Waals surface area contributed by atoms with Crippen molar-refractivity contribution in [3.05, 3.63) is 34.5 Å². The first-order valence-electron chi connectivity index (χ1n) is 9.83. The molecule has 9 nitrogen and oxygen atoms in total. The molecular weight excluding hydrogens is 438 g/mol. The number of ether oxygens (including phenoxy) is 1. The highest BCUT2D eigenvalue weighted by atomic mass is 32.2. The lowest BCUT2D eigenvalue weighted by atomic mass is 10.1. The second kappa shape index (κ2) is 9.65. The van der Waals surface area contributed by atoms with E-state index in [0.29, 0.717) is 23.2 Å². The summed E-state index contributed by atoms with van der Waals surface area (Å²) in [5.41, 5.74) is 5.96. The summed E-state index contributed by atoms with van der Waals surface area (Å²) in [7, 11) is 0. The third-order valence-electron chi connectivity index (χ3n) is 4.50. The molecule has 0 radical (unpaired) electrons. The molecule has 2 heterocycles. The van der Waals surface area contributed by atoms with Crippen molar-refractivity contribution in [2.75, 3.05) is 11.1 Å². The van der Waals surface area contributed by atoms with Gasteiger partial charge in [0.15, 0.2) is 5.16 Å². The van der Waals surface area contributed by atoms with Gasteiger partial charge in [-0.25, -0.2) is 4.79 Å². The van der Waals surface area contributed by atoms with E-state index in [0.717, 1.165) is 30.0 Å². The number of hydrogen-bond acceptors (Lipinski definition) is 8. The summed E-state index contributed by atoms with van der Waals surface area (Å²) >= 11 is 2.21. The first kappa shape index (κ1) is 23.0. The number of aromatic nitrogens is 3. The Morgan fingerprint density at radius 1 is 1.39 bits per heavy atom. The van der Waals surface area contributed by atoms with E-state index in [1.54, 1.807) is 26.8 Å². The average molecular weight is 464 g/mol. The van der Waals surface area contributed by atoms with E-state index in [1.165, 1.54) is 11.8 Å². The number of carbonyl (C=O) groups is 3. The second-order valence-corrected chi connectivity index (χ2v) is 9.39. The molecule has 1 aliphatic carbocycles. The van der Waals surface area contributed by atoms with Crippen LogP contribution in [-0.4, -0.2) is 44.4 Å². The van der Waals surface area contributed by atoms with E-state index in [4.69, 9.17) is 10.5 Å². The van der Waals surface area contributed by atoms with Gasteiger partial charge in [-0.2, -0.15) is 0 Å². The highest BCUT2D eigenvalue weighted by Gasteiger charge is 2.30. The van der Waals surface area contributed by atoms with Gasteiger partial charge in [0, 0.05) is 12.5 Å². The molecule has 31 heavy (non-hydrogen) atoms. The van der Waals surface area contributed by atoms with Crippen LogP contribution in [0.4, 0.5) is 5.00 Å². The Morgan fingerprint density at radius 2 is 2.10 bits per heavy atom. The molecule has 0 unspecified atom stereocenters. The number of primary amides is 1. The van der Waals surface area contributed by atoms with Crippen LogP contribution in [0.1, 0.15) is 64.0 Å². The number of hydrogen-bond donors (Lipinski definition) is 2. The maximum atomic E-state index is 12.6. The average Bonchev–Trinajstić information content (AvgIpc) is 3.37. The molecule has 3 rings (SSSR count). The Labute approximate surface area is 188 Å². The molecule has 1 aliphatic rings.